The quantitative estimate of drug-likeness (QED) is 0.766. The number of hydrogen-bond donors (Lipinski definition) is 2. The van der Waals surface area contributed by atoms with Crippen LogP contribution in [0.2, 0.25) is 5.02 Å². The normalized spacial score (nSPS) is 10.5. The summed E-state index contributed by atoms with van der Waals surface area (Å²) in [4.78, 5) is 3.83. The van der Waals surface area contributed by atoms with E-state index in [4.69, 9.17) is 23.1 Å². The first kappa shape index (κ1) is 9.79. The van der Waals surface area contributed by atoms with Gasteiger partial charge < -0.3 is 11.5 Å². The number of nitrogens with zero attached hydrogens (tertiary/aromatic N) is 3. The summed E-state index contributed by atoms with van der Waals surface area (Å²) in [5, 5.41) is 4.66. The molecule has 2 rings (SSSR count). The fraction of sp³-hybridized carbons (Fsp3) is 0.111. The Morgan fingerprint density at radius 1 is 1.33 bits per heavy atom. The maximum atomic E-state index is 5.85. The first-order valence-electron chi connectivity index (χ1n) is 4.32. The summed E-state index contributed by atoms with van der Waals surface area (Å²) < 4.78 is 1.49. The molecule has 5 nitrogen and oxygen atoms in total. The van der Waals surface area contributed by atoms with Crippen LogP contribution in [-0.4, -0.2) is 14.8 Å². The Kier molecular flexibility index (Phi) is 2.24. The molecule has 6 heteroatoms. The van der Waals surface area contributed by atoms with Crippen molar-refractivity contribution < 1.29 is 0 Å². The number of nitrogen functional groups attached to an aromatic ring is 2. The van der Waals surface area contributed by atoms with E-state index in [0.717, 1.165) is 11.3 Å². The van der Waals surface area contributed by atoms with Gasteiger partial charge in [0.15, 0.2) is 0 Å². The molecule has 0 saturated carbocycles. The highest BCUT2D eigenvalue weighted by atomic mass is 35.5. The highest BCUT2D eigenvalue weighted by molar-refractivity contribution is 6.30. The summed E-state index contributed by atoms with van der Waals surface area (Å²) in [6, 6.07) is 5.41. The minimum absolute atomic E-state index is 0.154. The lowest BCUT2D eigenvalue weighted by Crippen LogP contribution is -2.04. The lowest BCUT2D eigenvalue weighted by Gasteiger charge is -2.06. The molecule has 0 aliphatic carbocycles. The van der Waals surface area contributed by atoms with Crippen LogP contribution in [-0.2, 0) is 0 Å². The van der Waals surface area contributed by atoms with E-state index in [2.05, 4.69) is 10.1 Å². The van der Waals surface area contributed by atoms with Gasteiger partial charge >= 0.3 is 0 Å². The maximum Gasteiger partial charge on any atom is 0.241 e. The standard InChI is InChI=1S/C9H10ClN5/c1-5-4-6(10)2-3-7(5)15-9(12)13-8(11)14-15/h2-4H,1H3,(H4,11,12,13,14). The van der Waals surface area contributed by atoms with Crippen LogP contribution in [0.5, 0.6) is 0 Å². The van der Waals surface area contributed by atoms with Gasteiger partial charge in [0.2, 0.25) is 11.9 Å². The van der Waals surface area contributed by atoms with E-state index in [9.17, 15) is 0 Å². The Labute approximate surface area is 91.7 Å². The van der Waals surface area contributed by atoms with E-state index < -0.39 is 0 Å². The molecule has 0 amide bonds. The second-order valence-corrected chi connectivity index (χ2v) is 3.61. The van der Waals surface area contributed by atoms with Gasteiger partial charge in [0, 0.05) is 5.02 Å². The van der Waals surface area contributed by atoms with Gasteiger partial charge in [-0.05, 0) is 30.7 Å². The maximum absolute atomic E-state index is 5.85. The van der Waals surface area contributed by atoms with E-state index in [1.54, 1.807) is 6.07 Å². The summed E-state index contributed by atoms with van der Waals surface area (Å²) in [6.45, 7) is 1.92. The number of aryl methyl sites for hydroxylation is 1. The van der Waals surface area contributed by atoms with Gasteiger partial charge in [0.05, 0.1) is 5.69 Å². The molecule has 2 aromatic rings. The fourth-order valence-electron chi connectivity index (χ4n) is 1.37. The molecule has 0 bridgehead atoms. The van der Waals surface area contributed by atoms with E-state index in [1.807, 2.05) is 19.1 Å². The van der Waals surface area contributed by atoms with Crippen LogP contribution in [0.1, 0.15) is 5.56 Å². The third-order valence-corrected chi connectivity index (χ3v) is 2.27. The van der Waals surface area contributed by atoms with Gasteiger partial charge in [0.25, 0.3) is 0 Å². The Hall–Kier alpha value is -1.75. The van der Waals surface area contributed by atoms with Crippen LogP contribution in [0.4, 0.5) is 11.9 Å². The molecule has 0 aliphatic heterocycles. The summed E-state index contributed by atoms with van der Waals surface area (Å²) in [6.07, 6.45) is 0. The van der Waals surface area contributed by atoms with Crippen LogP contribution < -0.4 is 11.5 Å². The number of aromatic nitrogens is 3. The van der Waals surface area contributed by atoms with Gasteiger partial charge in [0.1, 0.15) is 0 Å². The molecule has 0 saturated heterocycles. The second kappa shape index (κ2) is 3.43. The molecule has 78 valence electrons. The van der Waals surface area contributed by atoms with Crippen molar-refractivity contribution in [2.45, 2.75) is 6.92 Å². The Bertz CT molecular complexity index is 505. The smallest absolute Gasteiger partial charge is 0.241 e. The van der Waals surface area contributed by atoms with Crippen LogP contribution in [0.3, 0.4) is 0 Å². The fourth-order valence-corrected chi connectivity index (χ4v) is 1.60. The van der Waals surface area contributed by atoms with Gasteiger partial charge in [-0.3, -0.25) is 0 Å². The Morgan fingerprint density at radius 2 is 2.07 bits per heavy atom. The number of anilines is 2. The zero-order valence-electron chi connectivity index (χ0n) is 8.11. The average molecular weight is 224 g/mol. The van der Waals surface area contributed by atoms with Gasteiger partial charge in [-0.2, -0.15) is 9.67 Å². The van der Waals surface area contributed by atoms with E-state index >= 15 is 0 Å². The first-order valence-corrected chi connectivity index (χ1v) is 4.70. The number of rotatable bonds is 1. The lowest BCUT2D eigenvalue weighted by atomic mass is 10.2. The third-order valence-electron chi connectivity index (χ3n) is 2.04. The first-order chi connectivity index (χ1) is 7.08. The molecular weight excluding hydrogens is 214 g/mol. The monoisotopic (exact) mass is 223 g/mol. The minimum atomic E-state index is 0.154. The average Bonchev–Trinajstić information content (AvgIpc) is 2.45. The lowest BCUT2D eigenvalue weighted by molar-refractivity contribution is 0.887. The Morgan fingerprint density at radius 3 is 2.60 bits per heavy atom. The molecule has 0 atom stereocenters. The van der Waals surface area contributed by atoms with Crippen molar-refractivity contribution in [3.05, 3.63) is 28.8 Å². The van der Waals surface area contributed by atoms with Crippen LogP contribution in [0.15, 0.2) is 18.2 Å². The predicted molar refractivity (Wildman–Crippen MR) is 59.9 cm³/mol. The van der Waals surface area contributed by atoms with Crippen LogP contribution in [0, 0.1) is 6.92 Å². The van der Waals surface area contributed by atoms with Crippen LogP contribution >= 0.6 is 11.6 Å². The van der Waals surface area contributed by atoms with Gasteiger partial charge in [-0.25, -0.2) is 0 Å². The predicted octanol–water partition coefficient (Wildman–Crippen LogP) is 1.39. The number of hydrogen-bond acceptors (Lipinski definition) is 4. The molecule has 1 heterocycles. The largest absolute Gasteiger partial charge is 0.368 e. The molecule has 0 aliphatic rings. The van der Waals surface area contributed by atoms with Crippen molar-refractivity contribution in [1.82, 2.24) is 14.8 Å². The Balaban J connectivity index is 2.59. The topological polar surface area (TPSA) is 82.8 Å². The minimum Gasteiger partial charge on any atom is -0.368 e. The SMILES string of the molecule is Cc1cc(Cl)ccc1-n1nc(N)nc1N. The van der Waals surface area contributed by atoms with Crippen molar-refractivity contribution in [1.29, 1.82) is 0 Å². The highest BCUT2D eigenvalue weighted by Gasteiger charge is 2.08. The van der Waals surface area contributed by atoms with Crippen molar-refractivity contribution in [3.63, 3.8) is 0 Å². The summed E-state index contributed by atoms with van der Waals surface area (Å²) in [7, 11) is 0. The van der Waals surface area contributed by atoms with Crippen molar-refractivity contribution >= 4 is 23.5 Å². The summed E-state index contributed by atoms with van der Waals surface area (Å²) in [5.41, 5.74) is 12.9. The third kappa shape index (κ3) is 1.73. The van der Waals surface area contributed by atoms with Gasteiger partial charge in [-0.15, -0.1) is 5.10 Å². The summed E-state index contributed by atoms with van der Waals surface area (Å²) in [5.74, 6) is 0.416. The zero-order chi connectivity index (χ0) is 11.0. The highest BCUT2D eigenvalue weighted by Crippen LogP contribution is 2.20. The zero-order valence-corrected chi connectivity index (χ0v) is 8.86. The van der Waals surface area contributed by atoms with E-state index in [1.165, 1.54) is 4.68 Å². The van der Waals surface area contributed by atoms with Crippen molar-refractivity contribution in [2.24, 2.45) is 0 Å². The van der Waals surface area contributed by atoms with E-state index in [-0.39, 0.29) is 11.9 Å². The van der Waals surface area contributed by atoms with Crippen LogP contribution in [0.25, 0.3) is 5.69 Å². The second-order valence-electron chi connectivity index (χ2n) is 3.17. The number of halogens is 1. The molecule has 0 spiro atoms. The van der Waals surface area contributed by atoms with Crippen molar-refractivity contribution in [2.75, 3.05) is 11.5 Å². The number of benzene rings is 1. The number of nitrogens with two attached hydrogens (primary N) is 2. The molecular formula is C9H10ClN5. The molecule has 0 radical (unpaired) electrons. The molecule has 4 N–H and O–H groups in total. The molecule has 1 aromatic carbocycles. The molecule has 0 fully saturated rings. The van der Waals surface area contributed by atoms with Gasteiger partial charge in [-0.1, -0.05) is 11.6 Å². The van der Waals surface area contributed by atoms with E-state index in [0.29, 0.717) is 5.02 Å². The molecule has 0 unspecified atom stereocenters. The van der Waals surface area contributed by atoms with Crippen molar-refractivity contribution in [3.8, 4) is 5.69 Å². The molecule has 1 aromatic heterocycles. The summed E-state index contributed by atoms with van der Waals surface area (Å²) >= 11 is 5.85. The molecule has 15 heavy (non-hydrogen) atoms.